The molecule has 0 aromatic heterocycles. The second-order valence-electron chi connectivity index (χ2n) is 5.39. The summed E-state index contributed by atoms with van der Waals surface area (Å²) in [7, 11) is 0. The molecule has 7 nitrogen and oxygen atoms in total. The van der Waals surface area contributed by atoms with E-state index in [4.69, 9.17) is 11.6 Å². The molecule has 0 spiro atoms. The Labute approximate surface area is 137 Å². The molecule has 23 heavy (non-hydrogen) atoms. The Hall–Kier alpha value is -2.41. The quantitative estimate of drug-likeness (QED) is 0.664. The van der Waals surface area contributed by atoms with E-state index >= 15 is 0 Å². The second kappa shape index (κ2) is 6.78. The molecule has 0 unspecified atom stereocenters. The standard InChI is InChI=1S/C15H15ClN2O5/c1-8-2-5-12(13(6-8)18(22)23)17-14(19)11-7-9(16)3-4-10(11)15(20)21/h2-3,5-6,10-11H,4,7H2,1H3,(H,17,19)(H,20,21)/p-1/t10-,11-/m0/s1. The fraction of sp³-hybridized carbons (Fsp3) is 0.333. The third kappa shape index (κ3) is 3.87. The van der Waals surface area contributed by atoms with E-state index in [-0.39, 0.29) is 24.2 Å². The van der Waals surface area contributed by atoms with Crippen LogP contribution in [0.4, 0.5) is 11.4 Å². The molecular weight excluding hydrogens is 324 g/mol. The molecule has 2 atom stereocenters. The lowest BCUT2D eigenvalue weighted by atomic mass is 9.82. The molecule has 1 N–H and O–H groups in total. The van der Waals surface area contributed by atoms with Crippen molar-refractivity contribution < 1.29 is 19.6 Å². The Bertz CT molecular complexity index is 701. The molecule has 0 fully saturated rings. The van der Waals surface area contributed by atoms with Crippen LogP contribution in [0, 0.1) is 28.9 Å². The Balaban J connectivity index is 2.26. The number of nitro groups is 1. The lowest BCUT2D eigenvalue weighted by molar-refractivity contribution is -0.384. The van der Waals surface area contributed by atoms with Crippen LogP contribution in [0.1, 0.15) is 18.4 Å². The molecule has 0 aliphatic heterocycles. The Kier molecular flexibility index (Phi) is 5.00. The number of rotatable bonds is 4. The number of hydrogen-bond donors (Lipinski definition) is 1. The van der Waals surface area contributed by atoms with Crippen LogP contribution in [0.2, 0.25) is 0 Å². The van der Waals surface area contributed by atoms with Gasteiger partial charge in [-0.2, -0.15) is 0 Å². The van der Waals surface area contributed by atoms with Crippen molar-refractivity contribution in [3.8, 4) is 0 Å². The fourth-order valence-electron chi connectivity index (χ4n) is 2.51. The van der Waals surface area contributed by atoms with Crippen molar-refractivity contribution in [2.45, 2.75) is 19.8 Å². The molecule has 0 radical (unpaired) electrons. The first-order valence-electron chi connectivity index (χ1n) is 6.91. The van der Waals surface area contributed by atoms with Crippen molar-refractivity contribution in [1.82, 2.24) is 0 Å². The number of carboxylic acids is 1. The maximum absolute atomic E-state index is 12.4. The third-order valence-corrected chi connectivity index (χ3v) is 4.05. The number of carboxylic acid groups (broad SMARTS) is 1. The summed E-state index contributed by atoms with van der Waals surface area (Å²) < 4.78 is 0. The van der Waals surface area contributed by atoms with Gasteiger partial charge in [-0.3, -0.25) is 14.9 Å². The summed E-state index contributed by atoms with van der Waals surface area (Å²) in [5.74, 6) is -3.92. The summed E-state index contributed by atoms with van der Waals surface area (Å²) in [6.07, 6.45) is 1.70. The summed E-state index contributed by atoms with van der Waals surface area (Å²) >= 11 is 5.89. The number of carbonyl (C=O) groups excluding carboxylic acids is 2. The highest BCUT2D eigenvalue weighted by molar-refractivity contribution is 6.29. The van der Waals surface area contributed by atoms with E-state index in [2.05, 4.69) is 5.32 Å². The lowest BCUT2D eigenvalue weighted by Gasteiger charge is -2.29. The van der Waals surface area contributed by atoms with E-state index in [1.54, 1.807) is 19.1 Å². The Morgan fingerprint density at radius 3 is 2.65 bits per heavy atom. The zero-order valence-corrected chi connectivity index (χ0v) is 13.0. The number of amides is 1. The number of hydrogen-bond acceptors (Lipinski definition) is 5. The van der Waals surface area contributed by atoms with Gasteiger partial charge in [0.25, 0.3) is 5.69 Å². The van der Waals surface area contributed by atoms with Crippen molar-refractivity contribution in [2.24, 2.45) is 11.8 Å². The number of nitrogens with one attached hydrogen (secondary N) is 1. The number of allylic oxidation sites excluding steroid dienone is 2. The predicted octanol–water partition coefficient (Wildman–Crippen LogP) is 1.74. The summed E-state index contributed by atoms with van der Waals surface area (Å²) in [6, 6.07) is 4.37. The van der Waals surface area contributed by atoms with Gasteiger partial charge in [-0.1, -0.05) is 23.7 Å². The van der Waals surface area contributed by atoms with Crippen LogP contribution < -0.4 is 10.4 Å². The Morgan fingerprint density at radius 2 is 2.04 bits per heavy atom. The number of anilines is 1. The first kappa shape index (κ1) is 17.0. The zero-order chi connectivity index (χ0) is 17.1. The molecule has 1 aliphatic carbocycles. The minimum absolute atomic E-state index is 0.0216. The number of carbonyl (C=O) groups is 2. The second-order valence-corrected chi connectivity index (χ2v) is 5.88. The average Bonchev–Trinajstić information content (AvgIpc) is 2.48. The smallest absolute Gasteiger partial charge is 0.293 e. The highest BCUT2D eigenvalue weighted by Gasteiger charge is 2.33. The minimum Gasteiger partial charge on any atom is -0.550 e. The topological polar surface area (TPSA) is 112 Å². The van der Waals surface area contributed by atoms with Crippen molar-refractivity contribution in [1.29, 1.82) is 0 Å². The van der Waals surface area contributed by atoms with Crippen molar-refractivity contribution >= 4 is 34.9 Å². The summed E-state index contributed by atoms with van der Waals surface area (Å²) in [5, 5.41) is 25.1. The van der Waals surface area contributed by atoms with Crippen LogP contribution in [-0.2, 0) is 9.59 Å². The van der Waals surface area contributed by atoms with Crippen LogP contribution in [-0.4, -0.2) is 16.8 Å². The van der Waals surface area contributed by atoms with Crippen molar-refractivity contribution in [2.75, 3.05) is 5.32 Å². The van der Waals surface area contributed by atoms with E-state index in [1.165, 1.54) is 12.1 Å². The molecule has 0 saturated carbocycles. The zero-order valence-electron chi connectivity index (χ0n) is 12.2. The summed E-state index contributed by atoms with van der Waals surface area (Å²) in [4.78, 5) is 34.0. The molecule has 1 aromatic carbocycles. The van der Waals surface area contributed by atoms with Gasteiger partial charge in [-0.05, 0) is 31.4 Å². The molecule has 0 heterocycles. The Morgan fingerprint density at radius 1 is 1.35 bits per heavy atom. The average molecular weight is 338 g/mol. The SMILES string of the molecule is Cc1ccc(NC(=O)[C@H]2CC(Cl)=CC[C@@H]2C(=O)[O-])c([N+](=O)[O-])c1. The van der Waals surface area contributed by atoms with Gasteiger partial charge in [0.1, 0.15) is 5.69 Å². The maximum atomic E-state index is 12.4. The van der Waals surface area contributed by atoms with Crippen LogP contribution in [0.15, 0.2) is 29.3 Å². The fourth-order valence-corrected chi connectivity index (χ4v) is 2.77. The van der Waals surface area contributed by atoms with Gasteiger partial charge < -0.3 is 15.2 Å². The molecule has 2 rings (SSSR count). The van der Waals surface area contributed by atoms with E-state index in [0.29, 0.717) is 10.6 Å². The first-order valence-corrected chi connectivity index (χ1v) is 7.28. The van der Waals surface area contributed by atoms with E-state index in [1.807, 2.05) is 0 Å². The lowest BCUT2D eigenvalue weighted by Crippen LogP contribution is -2.42. The van der Waals surface area contributed by atoms with Gasteiger partial charge in [0, 0.05) is 23.0 Å². The molecule has 122 valence electrons. The number of aliphatic carboxylic acids is 1. The van der Waals surface area contributed by atoms with E-state index in [9.17, 15) is 24.8 Å². The van der Waals surface area contributed by atoms with Gasteiger partial charge in [0.2, 0.25) is 5.91 Å². The monoisotopic (exact) mass is 337 g/mol. The van der Waals surface area contributed by atoms with Crippen LogP contribution in [0.25, 0.3) is 0 Å². The molecular formula is C15H14ClN2O5-. The molecule has 1 amide bonds. The number of benzene rings is 1. The van der Waals surface area contributed by atoms with Crippen molar-refractivity contribution in [3.05, 3.63) is 45.0 Å². The predicted molar refractivity (Wildman–Crippen MR) is 81.6 cm³/mol. The molecule has 1 aromatic rings. The van der Waals surface area contributed by atoms with Gasteiger partial charge in [-0.25, -0.2) is 0 Å². The maximum Gasteiger partial charge on any atom is 0.293 e. The van der Waals surface area contributed by atoms with Gasteiger partial charge in [-0.15, -0.1) is 0 Å². The summed E-state index contributed by atoms with van der Waals surface area (Å²) in [5.41, 5.74) is 0.445. The third-order valence-electron chi connectivity index (χ3n) is 3.74. The van der Waals surface area contributed by atoms with E-state index < -0.39 is 28.6 Å². The molecule has 0 saturated heterocycles. The molecule has 0 bridgehead atoms. The van der Waals surface area contributed by atoms with Gasteiger partial charge in [0.15, 0.2) is 0 Å². The largest absolute Gasteiger partial charge is 0.550 e. The normalized spacial score (nSPS) is 20.5. The molecule has 8 heteroatoms. The van der Waals surface area contributed by atoms with Gasteiger partial charge >= 0.3 is 0 Å². The van der Waals surface area contributed by atoms with Gasteiger partial charge in [0.05, 0.1) is 10.8 Å². The number of aryl methyl sites for hydroxylation is 1. The minimum atomic E-state index is -1.34. The van der Waals surface area contributed by atoms with Crippen LogP contribution >= 0.6 is 11.6 Å². The van der Waals surface area contributed by atoms with Crippen LogP contribution in [0.5, 0.6) is 0 Å². The van der Waals surface area contributed by atoms with Crippen molar-refractivity contribution in [3.63, 3.8) is 0 Å². The van der Waals surface area contributed by atoms with E-state index in [0.717, 1.165) is 0 Å². The first-order chi connectivity index (χ1) is 10.8. The van der Waals surface area contributed by atoms with Crippen LogP contribution in [0.3, 0.4) is 0 Å². The number of nitro benzene ring substituents is 1. The highest BCUT2D eigenvalue weighted by Crippen LogP contribution is 2.33. The highest BCUT2D eigenvalue weighted by atomic mass is 35.5. The number of nitrogens with zero attached hydrogens (tertiary/aromatic N) is 1. The molecule has 1 aliphatic rings. The summed E-state index contributed by atoms with van der Waals surface area (Å²) in [6.45, 7) is 1.69. The number of halogens is 1.